The highest BCUT2D eigenvalue weighted by atomic mass is 16.1. The van der Waals surface area contributed by atoms with Gasteiger partial charge in [-0.15, -0.1) is 0 Å². The van der Waals surface area contributed by atoms with Gasteiger partial charge in [0.15, 0.2) is 5.82 Å². The average Bonchev–Trinajstić information content (AvgIpc) is 2.13. The summed E-state index contributed by atoms with van der Waals surface area (Å²) in [5, 5.41) is 2.51. The number of nitrogens with two attached hydrogens (primary N) is 1. The van der Waals surface area contributed by atoms with Gasteiger partial charge in [-0.2, -0.15) is 9.97 Å². The van der Waals surface area contributed by atoms with Gasteiger partial charge in [-0.1, -0.05) is 0 Å². The van der Waals surface area contributed by atoms with Crippen molar-refractivity contribution < 1.29 is 0 Å². The minimum absolute atomic E-state index is 0.102. The van der Waals surface area contributed by atoms with Crippen LogP contribution in [0.25, 0.3) is 11.4 Å². The molecule has 0 bridgehead atoms. The molecule has 7 heteroatoms. The van der Waals surface area contributed by atoms with Gasteiger partial charge in [-0.3, -0.25) is 19.4 Å². The Bertz CT molecular complexity index is 612. The van der Waals surface area contributed by atoms with Gasteiger partial charge >= 0.3 is 0 Å². The SMILES string of the molecule is Cc1c2c(=O)nc(N)nc-2n(C)[nH]c1=O. The van der Waals surface area contributed by atoms with Gasteiger partial charge in [-0.25, -0.2) is 0 Å². The fraction of sp³-hybridized carbons (Fsp3) is 0.250. The van der Waals surface area contributed by atoms with Gasteiger partial charge in [0.1, 0.15) is 0 Å². The molecule has 0 aromatic rings. The second kappa shape index (κ2) is 2.91. The van der Waals surface area contributed by atoms with Crippen molar-refractivity contribution in [3.05, 3.63) is 26.3 Å². The van der Waals surface area contributed by atoms with Crippen molar-refractivity contribution in [2.75, 3.05) is 5.73 Å². The van der Waals surface area contributed by atoms with Crippen molar-refractivity contribution in [1.29, 1.82) is 0 Å². The highest BCUT2D eigenvalue weighted by Gasteiger charge is 2.17. The minimum atomic E-state index is -0.531. The lowest BCUT2D eigenvalue weighted by Gasteiger charge is -2.10. The van der Waals surface area contributed by atoms with Crippen LogP contribution in [0.4, 0.5) is 5.95 Å². The number of aryl methyl sites for hydroxylation is 1. The standard InChI is InChI=1S/C8H9N5O2/c1-3-4-5(13(2)12-6(3)14)10-8(9)11-7(4)15/h1-2H3,(H,12,14)(H2,9,11,15). The molecule has 0 aliphatic carbocycles. The summed E-state index contributed by atoms with van der Waals surface area (Å²) in [6.45, 7) is 1.54. The Morgan fingerprint density at radius 1 is 1.33 bits per heavy atom. The molecule has 78 valence electrons. The predicted octanol–water partition coefficient (Wildman–Crippen LogP) is -1.14. The maximum absolute atomic E-state index is 11.5. The van der Waals surface area contributed by atoms with E-state index < -0.39 is 5.56 Å². The van der Waals surface area contributed by atoms with E-state index in [1.165, 1.54) is 4.68 Å². The van der Waals surface area contributed by atoms with Crippen molar-refractivity contribution in [3.8, 4) is 11.4 Å². The third-order valence-electron chi connectivity index (χ3n) is 2.18. The number of hydrogen-bond acceptors (Lipinski definition) is 5. The maximum atomic E-state index is 11.5. The molecule has 0 unspecified atom stereocenters. The van der Waals surface area contributed by atoms with Gasteiger partial charge in [0.2, 0.25) is 5.95 Å². The van der Waals surface area contributed by atoms with E-state index in [1.54, 1.807) is 14.0 Å². The van der Waals surface area contributed by atoms with Gasteiger partial charge in [0, 0.05) is 12.6 Å². The van der Waals surface area contributed by atoms with Crippen LogP contribution in [0.5, 0.6) is 0 Å². The molecule has 0 aromatic carbocycles. The summed E-state index contributed by atoms with van der Waals surface area (Å²) in [7, 11) is 1.58. The quantitative estimate of drug-likeness (QED) is 0.567. The van der Waals surface area contributed by atoms with Crippen LogP contribution >= 0.6 is 0 Å². The molecule has 3 N–H and O–H groups in total. The van der Waals surface area contributed by atoms with E-state index in [0.29, 0.717) is 11.4 Å². The highest BCUT2D eigenvalue weighted by molar-refractivity contribution is 5.59. The summed E-state index contributed by atoms with van der Waals surface area (Å²) in [4.78, 5) is 30.3. The molecule has 0 saturated carbocycles. The summed E-state index contributed by atoms with van der Waals surface area (Å²) in [6.07, 6.45) is 0. The summed E-state index contributed by atoms with van der Waals surface area (Å²) in [5.74, 6) is 0.221. The van der Waals surface area contributed by atoms with Crippen molar-refractivity contribution in [2.45, 2.75) is 6.92 Å². The number of aromatic amines is 1. The topological polar surface area (TPSA) is 107 Å². The van der Waals surface area contributed by atoms with Crippen LogP contribution in [0.1, 0.15) is 5.56 Å². The maximum Gasteiger partial charge on any atom is 0.284 e. The highest BCUT2D eigenvalue weighted by Crippen LogP contribution is 2.14. The van der Waals surface area contributed by atoms with Crippen LogP contribution in [-0.2, 0) is 7.05 Å². The van der Waals surface area contributed by atoms with Gasteiger partial charge in [0.05, 0.1) is 5.56 Å². The lowest BCUT2D eigenvalue weighted by molar-refractivity contribution is 0.704. The van der Waals surface area contributed by atoms with E-state index in [0.717, 1.165) is 0 Å². The van der Waals surface area contributed by atoms with Crippen LogP contribution < -0.4 is 16.9 Å². The molecule has 15 heavy (non-hydrogen) atoms. The van der Waals surface area contributed by atoms with E-state index in [4.69, 9.17) is 5.73 Å². The number of hydrogen-bond donors (Lipinski definition) is 2. The molecule has 0 atom stereocenters. The molecule has 2 rings (SSSR count). The molecule has 2 aliphatic rings. The fourth-order valence-corrected chi connectivity index (χ4v) is 1.42. The Morgan fingerprint density at radius 2 is 2.00 bits per heavy atom. The molecule has 7 nitrogen and oxygen atoms in total. The summed E-state index contributed by atoms with van der Waals surface area (Å²) >= 11 is 0. The van der Waals surface area contributed by atoms with Gasteiger partial charge in [0.25, 0.3) is 11.1 Å². The Kier molecular flexibility index (Phi) is 1.82. The molecule has 0 saturated heterocycles. The third kappa shape index (κ3) is 1.28. The molecule has 0 spiro atoms. The predicted molar refractivity (Wildman–Crippen MR) is 53.7 cm³/mol. The van der Waals surface area contributed by atoms with Crippen molar-refractivity contribution >= 4 is 5.95 Å². The van der Waals surface area contributed by atoms with E-state index in [2.05, 4.69) is 15.1 Å². The van der Waals surface area contributed by atoms with Crippen molar-refractivity contribution in [1.82, 2.24) is 19.7 Å². The average molecular weight is 207 g/mol. The number of H-pyrrole nitrogens is 1. The number of fused-ring (bicyclic) bond motifs is 1. The third-order valence-corrected chi connectivity index (χ3v) is 2.18. The van der Waals surface area contributed by atoms with Crippen LogP contribution in [0.15, 0.2) is 9.59 Å². The van der Waals surface area contributed by atoms with E-state index >= 15 is 0 Å². The first-order valence-electron chi connectivity index (χ1n) is 4.24. The number of nitrogen functional groups attached to an aromatic ring is 1. The lowest BCUT2D eigenvalue weighted by Crippen LogP contribution is -2.27. The lowest BCUT2D eigenvalue weighted by atomic mass is 10.1. The Balaban J connectivity index is 3.08. The molecular formula is C8H9N5O2. The van der Waals surface area contributed by atoms with E-state index in [9.17, 15) is 9.59 Å². The Labute approximate surface area is 83.9 Å². The van der Waals surface area contributed by atoms with E-state index in [1.807, 2.05) is 0 Å². The molecule has 0 radical (unpaired) electrons. The first-order chi connectivity index (χ1) is 7.00. The fourth-order valence-electron chi connectivity index (χ4n) is 1.42. The second-order valence-corrected chi connectivity index (χ2v) is 3.21. The number of rotatable bonds is 0. The normalized spacial score (nSPS) is 10.8. The smallest absolute Gasteiger partial charge is 0.284 e. The largest absolute Gasteiger partial charge is 0.368 e. The van der Waals surface area contributed by atoms with Crippen molar-refractivity contribution in [2.24, 2.45) is 7.05 Å². The molecule has 2 aliphatic heterocycles. The molecule has 0 amide bonds. The summed E-state index contributed by atoms with van der Waals surface area (Å²) < 4.78 is 1.35. The van der Waals surface area contributed by atoms with Crippen LogP contribution in [0.3, 0.4) is 0 Å². The summed E-state index contributed by atoms with van der Waals surface area (Å²) in [5.41, 5.74) is 4.99. The number of aromatic nitrogens is 4. The molecule has 0 fully saturated rings. The number of anilines is 1. The molecule has 2 heterocycles. The van der Waals surface area contributed by atoms with Gasteiger partial charge in [-0.05, 0) is 6.92 Å². The zero-order chi connectivity index (χ0) is 11.2. The van der Waals surface area contributed by atoms with E-state index in [-0.39, 0.29) is 17.1 Å². The Morgan fingerprint density at radius 3 is 2.67 bits per heavy atom. The zero-order valence-electron chi connectivity index (χ0n) is 8.24. The second-order valence-electron chi connectivity index (χ2n) is 3.21. The van der Waals surface area contributed by atoms with Crippen LogP contribution in [0.2, 0.25) is 0 Å². The van der Waals surface area contributed by atoms with Crippen molar-refractivity contribution in [3.63, 3.8) is 0 Å². The number of nitrogens with one attached hydrogen (secondary N) is 1. The monoisotopic (exact) mass is 207 g/mol. The van der Waals surface area contributed by atoms with Crippen LogP contribution in [0, 0.1) is 6.92 Å². The first-order valence-corrected chi connectivity index (χ1v) is 4.24. The zero-order valence-corrected chi connectivity index (χ0v) is 8.24. The Hall–Kier alpha value is -2.18. The van der Waals surface area contributed by atoms with Crippen LogP contribution in [-0.4, -0.2) is 19.7 Å². The molecule has 0 aromatic heterocycles. The minimum Gasteiger partial charge on any atom is -0.368 e. The summed E-state index contributed by atoms with van der Waals surface area (Å²) in [6, 6.07) is 0. The molecular weight excluding hydrogens is 198 g/mol. The van der Waals surface area contributed by atoms with Gasteiger partial charge < -0.3 is 5.73 Å². The number of nitrogens with zero attached hydrogens (tertiary/aromatic N) is 3. The first kappa shape index (κ1) is 9.38.